The minimum absolute atomic E-state index is 0. The molecular weight excluding hydrogens is 570 g/mol. The number of morpholine rings is 1. The van der Waals surface area contributed by atoms with Gasteiger partial charge in [-0.3, -0.25) is 18.8 Å². The summed E-state index contributed by atoms with van der Waals surface area (Å²) in [4.78, 5) is 34.9. The zero-order chi connectivity index (χ0) is 27.6. The summed E-state index contributed by atoms with van der Waals surface area (Å²) < 4.78 is 13.2. The van der Waals surface area contributed by atoms with Crippen LogP contribution in [0.2, 0.25) is 0 Å². The minimum atomic E-state index is -0.733. The Bertz CT molecular complexity index is 1770. The number of hydrogen-bond donors (Lipinski definition) is 0. The third-order valence-electron chi connectivity index (χ3n) is 7.22. The Morgan fingerprint density at radius 3 is 2.39 bits per heavy atom. The second-order valence-electron chi connectivity index (χ2n) is 9.69. The van der Waals surface area contributed by atoms with Crippen LogP contribution in [0.15, 0.2) is 68.7 Å². The van der Waals surface area contributed by atoms with Crippen LogP contribution in [0, 0.1) is 0 Å². The van der Waals surface area contributed by atoms with E-state index >= 15 is 0 Å². The summed E-state index contributed by atoms with van der Waals surface area (Å²) in [6.07, 6.45) is 0.0614. The molecule has 0 saturated carbocycles. The fourth-order valence-electron chi connectivity index (χ4n) is 5.05. The van der Waals surface area contributed by atoms with Crippen LogP contribution >= 0.6 is 11.3 Å². The molecule has 0 spiro atoms. The molecular formula is C29H28KN5O5S. The van der Waals surface area contributed by atoms with Crippen LogP contribution in [0.25, 0.3) is 32.7 Å². The molecule has 12 heteroatoms. The van der Waals surface area contributed by atoms with E-state index in [-0.39, 0.29) is 68.5 Å². The van der Waals surface area contributed by atoms with Gasteiger partial charge in [-0.25, -0.2) is 9.78 Å². The standard InChI is InChI=1S/C29H29N5O5S.K/c1-2-21-17-24-26(35)33(12-11-32-13-15-38-16-14-32)29(37)34(27(24)40-21)18-19-7-9-20(10-8-19)22-5-3-4-6-23(22)25-30-28(36)39-31-25;/h3-10,17H,2,11-16,18H2,1H3,(H,30,31,36);/q;+1/p-1. The van der Waals surface area contributed by atoms with Crippen LogP contribution in [0.3, 0.4) is 0 Å². The van der Waals surface area contributed by atoms with E-state index in [1.807, 2.05) is 61.5 Å². The fourth-order valence-corrected chi connectivity index (χ4v) is 6.13. The Labute approximate surface area is 282 Å². The van der Waals surface area contributed by atoms with Gasteiger partial charge >= 0.3 is 57.1 Å². The van der Waals surface area contributed by atoms with Crippen molar-refractivity contribution in [3.63, 3.8) is 0 Å². The van der Waals surface area contributed by atoms with Crippen molar-refractivity contribution in [3.8, 4) is 28.6 Å². The minimum Gasteiger partial charge on any atom is -0.528 e. The Morgan fingerprint density at radius 2 is 1.71 bits per heavy atom. The average Bonchev–Trinajstić information content (AvgIpc) is 3.63. The first-order valence-electron chi connectivity index (χ1n) is 13.3. The quantitative estimate of drug-likeness (QED) is 0.229. The summed E-state index contributed by atoms with van der Waals surface area (Å²) in [6, 6.07) is 17.3. The Hall–Kier alpha value is -2.42. The summed E-state index contributed by atoms with van der Waals surface area (Å²) in [5.74, 6) is 0.238. The Balaban J connectivity index is 0.00000337. The molecule has 41 heavy (non-hydrogen) atoms. The summed E-state index contributed by atoms with van der Waals surface area (Å²) in [7, 11) is 0. The summed E-state index contributed by atoms with van der Waals surface area (Å²) >= 11 is 1.50. The van der Waals surface area contributed by atoms with Gasteiger partial charge in [0.1, 0.15) is 4.83 Å². The van der Waals surface area contributed by atoms with Crippen molar-refractivity contribution in [2.75, 3.05) is 32.8 Å². The maximum absolute atomic E-state index is 13.7. The SMILES string of the molecule is CCc1cc2c(=O)n(CCN3CCOCC3)c(=O)n(Cc3ccc(-c4ccccc4-c4noc([O-])n4)cc3)c2s1.[K+]. The van der Waals surface area contributed by atoms with Crippen LogP contribution in [0.1, 0.15) is 17.4 Å². The number of aryl methyl sites for hydroxylation is 1. The molecule has 1 fully saturated rings. The monoisotopic (exact) mass is 597 g/mol. The molecule has 1 aliphatic heterocycles. The van der Waals surface area contributed by atoms with Gasteiger partial charge in [-0.15, -0.1) is 11.3 Å². The normalized spacial score (nSPS) is 13.9. The van der Waals surface area contributed by atoms with E-state index in [1.165, 1.54) is 15.9 Å². The molecule has 0 unspecified atom stereocenters. The summed E-state index contributed by atoms with van der Waals surface area (Å²) in [5.41, 5.74) is 2.86. The van der Waals surface area contributed by atoms with Crippen molar-refractivity contribution in [1.82, 2.24) is 24.2 Å². The van der Waals surface area contributed by atoms with Crippen LogP contribution < -0.4 is 67.7 Å². The first-order valence-corrected chi connectivity index (χ1v) is 14.1. The second-order valence-corrected chi connectivity index (χ2v) is 10.8. The van der Waals surface area contributed by atoms with Gasteiger partial charge in [0.25, 0.3) is 5.56 Å². The molecule has 0 N–H and O–H groups in total. The van der Waals surface area contributed by atoms with Crippen molar-refractivity contribution >= 4 is 21.6 Å². The van der Waals surface area contributed by atoms with Gasteiger partial charge in [0, 0.05) is 36.6 Å². The zero-order valence-corrected chi connectivity index (χ0v) is 27.0. The van der Waals surface area contributed by atoms with Crippen molar-refractivity contribution in [3.05, 3.63) is 85.9 Å². The maximum Gasteiger partial charge on any atom is 1.00 e. The number of hydrogen-bond acceptors (Lipinski definition) is 9. The second kappa shape index (κ2) is 13.3. The van der Waals surface area contributed by atoms with Crippen molar-refractivity contribution in [1.29, 1.82) is 0 Å². The first-order chi connectivity index (χ1) is 19.5. The van der Waals surface area contributed by atoms with Gasteiger partial charge in [0.2, 0.25) is 0 Å². The van der Waals surface area contributed by atoms with E-state index in [0.29, 0.717) is 48.6 Å². The predicted molar refractivity (Wildman–Crippen MR) is 151 cm³/mol. The van der Waals surface area contributed by atoms with Crippen LogP contribution in [0.4, 0.5) is 0 Å². The molecule has 1 aliphatic rings. The smallest absolute Gasteiger partial charge is 0.528 e. The largest absolute Gasteiger partial charge is 1.00 e. The van der Waals surface area contributed by atoms with Crippen molar-refractivity contribution in [2.45, 2.75) is 26.4 Å². The zero-order valence-electron chi connectivity index (χ0n) is 23.0. The van der Waals surface area contributed by atoms with Gasteiger partial charge in [0.05, 0.1) is 25.1 Å². The molecule has 10 nitrogen and oxygen atoms in total. The van der Waals surface area contributed by atoms with E-state index in [4.69, 9.17) is 4.74 Å². The molecule has 0 radical (unpaired) electrons. The number of aromatic nitrogens is 4. The number of fused-ring (bicyclic) bond motifs is 1. The number of benzene rings is 2. The molecule has 0 aliphatic carbocycles. The van der Waals surface area contributed by atoms with E-state index < -0.39 is 6.08 Å². The predicted octanol–water partition coefficient (Wildman–Crippen LogP) is -0.0378. The third-order valence-corrected chi connectivity index (χ3v) is 8.52. The van der Waals surface area contributed by atoms with E-state index in [1.54, 1.807) is 4.57 Å². The van der Waals surface area contributed by atoms with Crippen LogP contribution in [0.5, 0.6) is 6.08 Å². The Kier molecular flexibility index (Phi) is 9.72. The van der Waals surface area contributed by atoms with Gasteiger partial charge in [0.15, 0.2) is 11.9 Å². The van der Waals surface area contributed by atoms with Gasteiger partial charge in [-0.2, -0.15) is 5.16 Å². The van der Waals surface area contributed by atoms with E-state index in [9.17, 15) is 14.7 Å². The van der Waals surface area contributed by atoms with Crippen LogP contribution in [-0.2, 0) is 24.2 Å². The van der Waals surface area contributed by atoms with Gasteiger partial charge < -0.3 is 14.4 Å². The van der Waals surface area contributed by atoms with Gasteiger partial charge in [-0.05, 0) is 29.2 Å². The number of rotatable bonds is 8. The molecule has 6 rings (SSSR count). The molecule has 0 amide bonds. The van der Waals surface area contributed by atoms with E-state index in [2.05, 4.69) is 19.6 Å². The summed E-state index contributed by atoms with van der Waals surface area (Å²) in [6.45, 7) is 6.26. The Morgan fingerprint density at radius 1 is 0.976 bits per heavy atom. The van der Waals surface area contributed by atoms with Crippen LogP contribution in [-0.4, -0.2) is 57.0 Å². The molecule has 4 heterocycles. The first kappa shape index (κ1) is 30.0. The molecule has 2 aromatic carbocycles. The third kappa shape index (κ3) is 6.35. The molecule has 5 aromatic rings. The molecule has 0 atom stereocenters. The number of ether oxygens (including phenoxy) is 1. The van der Waals surface area contributed by atoms with E-state index in [0.717, 1.165) is 41.1 Å². The molecule has 3 aromatic heterocycles. The maximum atomic E-state index is 13.7. The van der Waals surface area contributed by atoms with Crippen molar-refractivity contribution < 1.29 is 65.8 Å². The van der Waals surface area contributed by atoms with Gasteiger partial charge in [-0.1, -0.05) is 55.5 Å². The molecule has 206 valence electrons. The molecule has 1 saturated heterocycles. The average molecular weight is 598 g/mol. The topological polar surface area (TPSA) is 118 Å². The number of nitrogens with zero attached hydrogens (tertiary/aromatic N) is 5. The van der Waals surface area contributed by atoms with Crippen molar-refractivity contribution in [2.24, 2.45) is 0 Å². The number of thiophene rings is 1. The summed E-state index contributed by atoms with van der Waals surface area (Å²) in [5, 5.41) is 15.8. The fraction of sp³-hybridized carbons (Fsp3) is 0.310. The molecule has 0 bridgehead atoms.